The van der Waals surface area contributed by atoms with Gasteiger partial charge >= 0.3 is 0 Å². The standard InChI is InChI=1S/C16H16N4O/c1-10-6-7-20-14(8-10)18-12(3)15(20)16(21)19-13-5-4-11(2)9-17-13/h4-9H,1-3H3,(H,17,19,21). The Labute approximate surface area is 122 Å². The number of anilines is 1. The van der Waals surface area contributed by atoms with E-state index in [0.29, 0.717) is 17.2 Å². The van der Waals surface area contributed by atoms with Crippen LogP contribution in [-0.2, 0) is 0 Å². The first-order chi connectivity index (χ1) is 10.0. The van der Waals surface area contributed by atoms with Crippen molar-refractivity contribution in [2.24, 2.45) is 0 Å². The van der Waals surface area contributed by atoms with E-state index >= 15 is 0 Å². The number of imidazole rings is 1. The van der Waals surface area contributed by atoms with Crippen molar-refractivity contribution in [3.63, 3.8) is 0 Å². The summed E-state index contributed by atoms with van der Waals surface area (Å²) in [6.45, 7) is 5.79. The van der Waals surface area contributed by atoms with Crippen molar-refractivity contribution in [3.8, 4) is 0 Å². The van der Waals surface area contributed by atoms with E-state index in [1.165, 1.54) is 0 Å². The molecule has 0 aliphatic rings. The Morgan fingerprint density at radius 3 is 2.67 bits per heavy atom. The van der Waals surface area contributed by atoms with Crippen LogP contribution in [0.15, 0.2) is 36.7 Å². The van der Waals surface area contributed by atoms with Crippen LogP contribution in [0.2, 0.25) is 0 Å². The molecule has 0 unspecified atom stereocenters. The van der Waals surface area contributed by atoms with Gasteiger partial charge in [-0.25, -0.2) is 9.97 Å². The van der Waals surface area contributed by atoms with Crippen LogP contribution >= 0.6 is 0 Å². The minimum atomic E-state index is -0.208. The molecule has 21 heavy (non-hydrogen) atoms. The maximum atomic E-state index is 12.5. The number of amides is 1. The molecular weight excluding hydrogens is 264 g/mol. The number of nitrogens with zero attached hydrogens (tertiary/aromatic N) is 3. The zero-order chi connectivity index (χ0) is 15.0. The molecule has 3 heterocycles. The summed E-state index contributed by atoms with van der Waals surface area (Å²) in [5.74, 6) is 0.326. The van der Waals surface area contributed by atoms with Crippen molar-refractivity contribution in [2.75, 3.05) is 5.32 Å². The van der Waals surface area contributed by atoms with Crippen LogP contribution in [0.4, 0.5) is 5.82 Å². The molecule has 0 saturated heterocycles. The zero-order valence-electron chi connectivity index (χ0n) is 12.2. The number of aromatic nitrogens is 3. The Hall–Kier alpha value is -2.69. The maximum absolute atomic E-state index is 12.5. The third kappa shape index (κ3) is 2.50. The van der Waals surface area contributed by atoms with Crippen LogP contribution in [0.25, 0.3) is 5.65 Å². The number of fused-ring (bicyclic) bond motifs is 1. The molecule has 3 aromatic heterocycles. The predicted octanol–water partition coefficient (Wildman–Crippen LogP) is 2.91. The van der Waals surface area contributed by atoms with Crippen molar-refractivity contribution < 1.29 is 4.79 Å². The Morgan fingerprint density at radius 1 is 1.14 bits per heavy atom. The van der Waals surface area contributed by atoms with Gasteiger partial charge in [0.15, 0.2) is 0 Å². The molecule has 1 amide bonds. The van der Waals surface area contributed by atoms with Gasteiger partial charge in [0.2, 0.25) is 0 Å². The van der Waals surface area contributed by atoms with E-state index in [-0.39, 0.29) is 5.91 Å². The second-order valence-electron chi connectivity index (χ2n) is 5.15. The lowest BCUT2D eigenvalue weighted by Gasteiger charge is -2.05. The number of aryl methyl sites for hydroxylation is 3. The number of nitrogens with one attached hydrogen (secondary N) is 1. The maximum Gasteiger partial charge on any atom is 0.275 e. The summed E-state index contributed by atoms with van der Waals surface area (Å²) in [4.78, 5) is 21.1. The number of rotatable bonds is 2. The summed E-state index contributed by atoms with van der Waals surface area (Å²) in [6.07, 6.45) is 3.59. The van der Waals surface area contributed by atoms with E-state index in [0.717, 1.165) is 16.8 Å². The van der Waals surface area contributed by atoms with E-state index < -0.39 is 0 Å². The van der Waals surface area contributed by atoms with E-state index in [9.17, 15) is 4.79 Å². The molecule has 5 nitrogen and oxygen atoms in total. The molecule has 0 bridgehead atoms. The largest absolute Gasteiger partial charge is 0.305 e. The quantitative estimate of drug-likeness (QED) is 0.785. The number of hydrogen-bond donors (Lipinski definition) is 1. The molecule has 3 rings (SSSR count). The first-order valence-corrected chi connectivity index (χ1v) is 6.74. The van der Waals surface area contributed by atoms with Gasteiger partial charge in [-0.15, -0.1) is 0 Å². The molecule has 0 aliphatic heterocycles. The summed E-state index contributed by atoms with van der Waals surface area (Å²) in [6, 6.07) is 7.60. The molecule has 0 aromatic carbocycles. The Bertz CT molecular complexity index is 818. The SMILES string of the molecule is Cc1ccc(NC(=O)c2c(C)nc3cc(C)ccn23)nc1. The van der Waals surface area contributed by atoms with Crippen molar-refractivity contribution in [3.05, 3.63) is 59.2 Å². The highest BCUT2D eigenvalue weighted by atomic mass is 16.2. The fraction of sp³-hybridized carbons (Fsp3) is 0.188. The third-order valence-electron chi connectivity index (χ3n) is 3.32. The van der Waals surface area contributed by atoms with Crippen LogP contribution in [0, 0.1) is 20.8 Å². The summed E-state index contributed by atoms with van der Waals surface area (Å²) in [5, 5.41) is 2.81. The number of hydrogen-bond acceptors (Lipinski definition) is 3. The molecule has 1 N–H and O–H groups in total. The normalized spacial score (nSPS) is 10.8. The topological polar surface area (TPSA) is 59.3 Å². The highest BCUT2D eigenvalue weighted by Gasteiger charge is 2.17. The molecule has 0 radical (unpaired) electrons. The van der Waals surface area contributed by atoms with Crippen LogP contribution in [0.3, 0.4) is 0 Å². The third-order valence-corrected chi connectivity index (χ3v) is 3.32. The molecule has 3 aromatic rings. The fourth-order valence-corrected chi connectivity index (χ4v) is 2.26. The van der Waals surface area contributed by atoms with Crippen LogP contribution in [0.1, 0.15) is 27.3 Å². The summed E-state index contributed by atoms with van der Waals surface area (Å²) < 4.78 is 1.80. The van der Waals surface area contributed by atoms with E-state index in [2.05, 4.69) is 15.3 Å². The molecule has 0 spiro atoms. The lowest BCUT2D eigenvalue weighted by Crippen LogP contribution is -2.16. The van der Waals surface area contributed by atoms with Gasteiger partial charge < -0.3 is 5.32 Å². The number of carbonyl (C=O) groups is 1. The summed E-state index contributed by atoms with van der Waals surface area (Å²) in [5.41, 5.74) is 4.17. The van der Waals surface area contributed by atoms with Crippen LogP contribution in [0.5, 0.6) is 0 Å². The van der Waals surface area contributed by atoms with E-state index in [1.807, 2.05) is 45.2 Å². The predicted molar refractivity (Wildman–Crippen MR) is 81.6 cm³/mol. The molecule has 0 fully saturated rings. The van der Waals surface area contributed by atoms with Gasteiger partial charge in [0.05, 0.1) is 5.69 Å². The Kier molecular flexibility index (Phi) is 3.17. The highest BCUT2D eigenvalue weighted by Crippen LogP contribution is 2.15. The van der Waals surface area contributed by atoms with E-state index in [4.69, 9.17) is 0 Å². The highest BCUT2D eigenvalue weighted by molar-refractivity contribution is 6.03. The second-order valence-corrected chi connectivity index (χ2v) is 5.15. The lowest BCUT2D eigenvalue weighted by molar-refractivity contribution is 0.102. The van der Waals surface area contributed by atoms with Gasteiger partial charge in [-0.2, -0.15) is 0 Å². The van der Waals surface area contributed by atoms with Gasteiger partial charge in [0, 0.05) is 12.4 Å². The Morgan fingerprint density at radius 2 is 1.95 bits per heavy atom. The van der Waals surface area contributed by atoms with Crippen molar-refractivity contribution in [1.82, 2.24) is 14.4 Å². The van der Waals surface area contributed by atoms with Gasteiger partial charge in [-0.1, -0.05) is 6.07 Å². The minimum absolute atomic E-state index is 0.208. The van der Waals surface area contributed by atoms with Crippen LogP contribution < -0.4 is 5.32 Å². The summed E-state index contributed by atoms with van der Waals surface area (Å²) in [7, 11) is 0. The van der Waals surface area contributed by atoms with Gasteiger partial charge in [-0.05, 0) is 50.1 Å². The molecular formula is C16H16N4O. The average molecular weight is 280 g/mol. The zero-order valence-corrected chi connectivity index (χ0v) is 12.2. The second kappa shape index (κ2) is 5.01. The molecule has 0 atom stereocenters. The van der Waals surface area contributed by atoms with Crippen molar-refractivity contribution in [1.29, 1.82) is 0 Å². The van der Waals surface area contributed by atoms with Crippen LogP contribution in [-0.4, -0.2) is 20.3 Å². The van der Waals surface area contributed by atoms with Crippen molar-refractivity contribution >= 4 is 17.4 Å². The van der Waals surface area contributed by atoms with E-state index in [1.54, 1.807) is 16.7 Å². The first kappa shape index (κ1) is 13.3. The Balaban J connectivity index is 1.97. The van der Waals surface area contributed by atoms with Gasteiger partial charge in [0.1, 0.15) is 17.2 Å². The number of carbonyl (C=O) groups excluding carboxylic acids is 1. The fourth-order valence-electron chi connectivity index (χ4n) is 2.26. The number of pyridine rings is 2. The van der Waals surface area contributed by atoms with Crippen molar-refractivity contribution in [2.45, 2.75) is 20.8 Å². The molecule has 0 aliphatic carbocycles. The summed E-state index contributed by atoms with van der Waals surface area (Å²) >= 11 is 0. The molecule has 0 saturated carbocycles. The average Bonchev–Trinajstić information content (AvgIpc) is 2.76. The monoisotopic (exact) mass is 280 g/mol. The molecule has 5 heteroatoms. The smallest absolute Gasteiger partial charge is 0.275 e. The molecule has 106 valence electrons. The minimum Gasteiger partial charge on any atom is -0.305 e. The lowest BCUT2D eigenvalue weighted by atomic mass is 10.3. The van der Waals surface area contributed by atoms with Gasteiger partial charge in [0.25, 0.3) is 5.91 Å². The van der Waals surface area contributed by atoms with Gasteiger partial charge in [-0.3, -0.25) is 9.20 Å². The first-order valence-electron chi connectivity index (χ1n) is 6.74.